The summed E-state index contributed by atoms with van der Waals surface area (Å²) in [6, 6.07) is 13.7. The van der Waals surface area contributed by atoms with Gasteiger partial charge in [0.15, 0.2) is 0 Å². The first-order chi connectivity index (χ1) is 13.7. The zero-order valence-corrected chi connectivity index (χ0v) is 18.3. The molecule has 0 aromatic heterocycles. The molecule has 7 heteroatoms. The third kappa shape index (κ3) is 6.87. The van der Waals surface area contributed by atoms with Gasteiger partial charge in [-0.15, -0.1) is 0 Å². The van der Waals surface area contributed by atoms with Crippen molar-refractivity contribution in [1.29, 1.82) is 0 Å². The SMILES string of the molecule is Cc1cc(C)cc(N(CC(=O)NCCCOC(C)C)S(=O)(=O)c2ccccc2)c1. The van der Waals surface area contributed by atoms with E-state index in [1.54, 1.807) is 30.3 Å². The number of rotatable bonds is 10. The maximum absolute atomic E-state index is 13.3. The van der Waals surface area contributed by atoms with Gasteiger partial charge >= 0.3 is 0 Å². The number of benzene rings is 2. The molecule has 0 aliphatic heterocycles. The minimum atomic E-state index is -3.88. The fourth-order valence-electron chi connectivity index (χ4n) is 2.93. The average molecular weight is 419 g/mol. The summed E-state index contributed by atoms with van der Waals surface area (Å²) in [6.07, 6.45) is 0.806. The monoisotopic (exact) mass is 418 g/mol. The molecule has 0 bridgehead atoms. The highest BCUT2D eigenvalue weighted by Gasteiger charge is 2.27. The topological polar surface area (TPSA) is 75.7 Å². The van der Waals surface area contributed by atoms with E-state index in [0.717, 1.165) is 11.1 Å². The van der Waals surface area contributed by atoms with Crippen LogP contribution < -0.4 is 9.62 Å². The summed E-state index contributed by atoms with van der Waals surface area (Å²) in [5.74, 6) is -0.354. The largest absolute Gasteiger partial charge is 0.379 e. The summed E-state index contributed by atoms with van der Waals surface area (Å²) < 4.78 is 33.2. The van der Waals surface area contributed by atoms with Crippen LogP contribution in [0.1, 0.15) is 31.4 Å². The normalized spacial score (nSPS) is 11.5. The first-order valence-electron chi connectivity index (χ1n) is 9.74. The standard InChI is InChI=1S/C22H30N2O4S/c1-17(2)28-12-8-11-23-22(25)16-24(20-14-18(3)13-19(4)15-20)29(26,27)21-9-6-5-7-10-21/h5-7,9-10,13-15,17H,8,11-12,16H2,1-4H3,(H,23,25). The first kappa shape index (κ1) is 22.9. The van der Waals surface area contributed by atoms with Gasteiger partial charge in [0.2, 0.25) is 5.91 Å². The van der Waals surface area contributed by atoms with Crippen LogP contribution in [0, 0.1) is 13.8 Å². The van der Waals surface area contributed by atoms with E-state index in [4.69, 9.17) is 4.74 Å². The van der Waals surface area contributed by atoms with E-state index >= 15 is 0 Å². The van der Waals surface area contributed by atoms with Crippen molar-refractivity contribution in [2.45, 2.75) is 45.1 Å². The van der Waals surface area contributed by atoms with Crippen LogP contribution in [0.2, 0.25) is 0 Å². The smallest absolute Gasteiger partial charge is 0.264 e. The Morgan fingerprint density at radius 3 is 2.28 bits per heavy atom. The van der Waals surface area contributed by atoms with Crippen LogP contribution in [-0.4, -0.2) is 40.1 Å². The first-order valence-corrected chi connectivity index (χ1v) is 11.2. The average Bonchev–Trinajstić information content (AvgIpc) is 2.65. The summed E-state index contributed by atoms with van der Waals surface area (Å²) >= 11 is 0. The molecule has 0 radical (unpaired) electrons. The molecule has 1 amide bonds. The Morgan fingerprint density at radius 1 is 1.07 bits per heavy atom. The van der Waals surface area contributed by atoms with E-state index in [-0.39, 0.29) is 23.5 Å². The van der Waals surface area contributed by atoms with Gasteiger partial charge in [-0.25, -0.2) is 8.42 Å². The fourth-order valence-corrected chi connectivity index (χ4v) is 4.36. The number of carbonyl (C=O) groups excluding carboxylic acids is 1. The maximum Gasteiger partial charge on any atom is 0.264 e. The number of nitrogens with one attached hydrogen (secondary N) is 1. The Hall–Kier alpha value is -2.38. The van der Waals surface area contributed by atoms with Crippen LogP contribution in [-0.2, 0) is 19.6 Å². The molecule has 0 saturated carbocycles. The second-order valence-corrected chi connectivity index (χ2v) is 9.16. The number of aryl methyl sites for hydroxylation is 2. The predicted molar refractivity (Wildman–Crippen MR) is 116 cm³/mol. The molecule has 0 atom stereocenters. The molecule has 0 saturated heterocycles. The number of hydrogen-bond donors (Lipinski definition) is 1. The van der Waals surface area contributed by atoms with E-state index < -0.39 is 10.0 Å². The van der Waals surface area contributed by atoms with Crippen molar-refractivity contribution in [1.82, 2.24) is 5.32 Å². The molecule has 0 fully saturated rings. The summed E-state index contributed by atoms with van der Waals surface area (Å²) in [7, 11) is -3.88. The van der Waals surface area contributed by atoms with E-state index in [2.05, 4.69) is 5.32 Å². The lowest BCUT2D eigenvalue weighted by Gasteiger charge is -2.25. The summed E-state index contributed by atoms with van der Waals surface area (Å²) in [6.45, 7) is 8.39. The lowest BCUT2D eigenvalue weighted by molar-refractivity contribution is -0.119. The Kier molecular flexibility index (Phi) is 8.22. The number of hydrogen-bond acceptors (Lipinski definition) is 4. The van der Waals surface area contributed by atoms with Crippen molar-refractivity contribution >= 4 is 21.6 Å². The van der Waals surface area contributed by atoms with Crippen molar-refractivity contribution in [2.24, 2.45) is 0 Å². The van der Waals surface area contributed by atoms with Crippen LogP contribution in [0.3, 0.4) is 0 Å². The highest BCUT2D eigenvalue weighted by atomic mass is 32.2. The lowest BCUT2D eigenvalue weighted by Crippen LogP contribution is -2.41. The van der Waals surface area contributed by atoms with Crippen LogP contribution >= 0.6 is 0 Å². The molecule has 6 nitrogen and oxygen atoms in total. The molecule has 0 aliphatic rings. The van der Waals surface area contributed by atoms with Gasteiger partial charge in [0.25, 0.3) is 10.0 Å². The van der Waals surface area contributed by atoms with Crippen LogP contribution in [0.25, 0.3) is 0 Å². The van der Waals surface area contributed by atoms with Gasteiger partial charge in [-0.2, -0.15) is 0 Å². The van der Waals surface area contributed by atoms with Gasteiger partial charge in [-0.1, -0.05) is 24.3 Å². The summed E-state index contributed by atoms with van der Waals surface area (Å²) in [5.41, 5.74) is 2.34. The summed E-state index contributed by atoms with van der Waals surface area (Å²) in [5, 5.41) is 2.78. The molecule has 158 valence electrons. The second-order valence-electron chi connectivity index (χ2n) is 7.29. The molecule has 0 unspecified atom stereocenters. The predicted octanol–water partition coefficient (Wildman–Crippen LogP) is 3.43. The molecule has 0 heterocycles. The molecule has 29 heavy (non-hydrogen) atoms. The van der Waals surface area contributed by atoms with Gasteiger partial charge in [0, 0.05) is 13.2 Å². The number of nitrogens with zero attached hydrogens (tertiary/aromatic N) is 1. The van der Waals surface area contributed by atoms with Gasteiger partial charge < -0.3 is 10.1 Å². The van der Waals surface area contributed by atoms with Crippen LogP contribution in [0.4, 0.5) is 5.69 Å². The zero-order valence-electron chi connectivity index (χ0n) is 17.5. The molecule has 0 spiro atoms. The Labute approximate surface area is 173 Å². The van der Waals surface area contributed by atoms with Crippen molar-refractivity contribution in [3.05, 3.63) is 59.7 Å². The lowest BCUT2D eigenvalue weighted by atomic mass is 10.1. The van der Waals surface area contributed by atoms with Crippen molar-refractivity contribution in [3.8, 4) is 0 Å². The Bertz CT molecular complexity index is 891. The molecular formula is C22H30N2O4S. The van der Waals surface area contributed by atoms with Crippen molar-refractivity contribution in [2.75, 3.05) is 24.0 Å². The number of carbonyl (C=O) groups is 1. The minimum Gasteiger partial charge on any atom is -0.379 e. The van der Waals surface area contributed by atoms with E-state index in [1.165, 1.54) is 16.4 Å². The number of anilines is 1. The van der Waals surface area contributed by atoms with E-state index in [1.807, 2.05) is 33.8 Å². The van der Waals surface area contributed by atoms with Gasteiger partial charge in [0.05, 0.1) is 16.7 Å². The zero-order chi connectivity index (χ0) is 21.4. The highest BCUT2D eigenvalue weighted by Crippen LogP contribution is 2.25. The molecule has 2 aromatic carbocycles. The Morgan fingerprint density at radius 2 is 1.69 bits per heavy atom. The second kappa shape index (κ2) is 10.4. The quantitative estimate of drug-likeness (QED) is 0.600. The number of sulfonamides is 1. The third-order valence-electron chi connectivity index (χ3n) is 4.21. The number of amides is 1. The highest BCUT2D eigenvalue weighted by molar-refractivity contribution is 7.92. The third-order valence-corrected chi connectivity index (χ3v) is 6.00. The Balaban J connectivity index is 2.21. The molecule has 2 rings (SSSR count). The van der Waals surface area contributed by atoms with E-state index in [0.29, 0.717) is 25.3 Å². The maximum atomic E-state index is 13.3. The molecular weight excluding hydrogens is 388 g/mol. The van der Waals surface area contributed by atoms with E-state index in [9.17, 15) is 13.2 Å². The molecule has 2 aromatic rings. The van der Waals surface area contributed by atoms with Crippen LogP contribution in [0.5, 0.6) is 0 Å². The van der Waals surface area contributed by atoms with Gasteiger partial charge in [-0.05, 0) is 69.5 Å². The molecule has 1 N–H and O–H groups in total. The van der Waals surface area contributed by atoms with Gasteiger partial charge in [0.1, 0.15) is 6.54 Å². The minimum absolute atomic E-state index is 0.141. The van der Waals surface area contributed by atoms with Gasteiger partial charge in [-0.3, -0.25) is 9.10 Å². The van der Waals surface area contributed by atoms with Crippen LogP contribution in [0.15, 0.2) is 53.4 Å². The molecule has 0 aliphatic carbocycles. The number of ether oxygens (including phenoxy) is 1. The van der Waals surface area contributed by atoms with Crippen molar-refractivity contribution < 1.29 is 17.9 Å². The summed E-state index contributed by atoms with van der Waals surface area (Å²) in [4.78, 5) is 12.7. The fraction of sp³-hybridized carbons (Fsp3) is 0.409. The van der Waals surface area contributed by atoms with Crippen molar-refractivity contribution in [3.63, 3.8) is 0 Å².